The third-order valence-electron chi connectivity index (χ3n) is 2.52. The number of carbonyl (C=O) groups is 1. The zero-order valence-corrected chi connectivity index (χ0v) is 8.52. The zero-order chi connectivity index (χ0) is 10.4. The van der Waals surface area contributed by atoms with Crippen molar-refractivity contribution in [2.75, 3.05) is 19.6 Å². The van der Waals surface area contributed by atoms with Gasteiger partial charge in [-0.3, -0.25) is 4.79 Å². The summed E-state index contributed by atoms with van der Waals surface area (Å²) in [5.41, 5.74) is 8.10. The van der Waals surface area contributed by atoms with Crippen LogP contribution in [0.3, 0.4) is 0 Å². The van der Waals surface area contributed by atoms with Crippen LogP contribution >= 0.6 is 0 Å². The molecule has 1 fully saturated rings. The molecule has 0 aromatic heterocycles. The Morgan fingerprint density at radius 1 is 1.71 bits per heavy atom. The van der Waals surface area contributed by atoms with Crippen LogP contribution in [0.1, 0.15) is 26.2 Å². The maximum absolute atomic E-state index is 11.4. The van der Waals surface area contributed by atoms with E-state index in [2.05, 4.69) is 16.9 Å². The van der Waals surface area contributed by atoms with Crippen molar-refractivity contribution in [2.45, 2.75) is 26.2 Å². The van der Waals surface area contributed by atoms with Crippen LogP contribution in [0.25, 0.3) is 10.4 Å². The molecule has 1 unspecified atom stereocenters. The van der Waals surface area contributed by atoms with E-state index >= 15 is 0 Å². The van der Waals surface area contributed by atoms with Crippen molar-refractivity contribution >= 4 is 5.91 Å². The van der Waals surface area contributed by atoms with Gasteiger partial charge in [0.1, 0.15) is 0 Å². The zero-order valence-electron chi connectivity index (χ0n) is 8.52. The molecular formula is C9H16N4O. The molecule has 1 rings (SSSR count). The van der Waals surface area contributed by atoms with E-state index in [-0.39, 0.29) is 5.91 Å². The van der Waals surface area contributed by atoms with Gasteiger partial charge in [0.25, 0.3) is 0 Å². The van der Waals surface area contributed by atoms with Crippen LogP contribution in [0.2, 0.25) is 0 Å². The quantitative estimate of drug-likeness (QED) is 0.376. The van der Waals surface area contributed by atoms with E-state index in [1.165, 1.54) is 0 Å². The molecule has 1 aliphatic rings. The Bertz CT molecular complexity index is 247. The molecule has 1 heterocycles. The number of hydrogen-bond acceptors (Lipinski definition) is 2. The number of rotatable bonds is 5. The van der Waals surface area contributed by atoms with E-state index in [0.717, 1.165) is 19.4 Å². The molecule has 78 valence electrons. The maximum atomic E-state index is 11.4. The summed E-state index contributed by atoms with van der Waals surface area (Å²) >= 11 is 0. The minimum Gasteiger partial charge on any atom is -0.342 e. The monoisotopic (exact) mass is 196 g/mol. The minimum absolute atomic E-state index is 0.205. The summed E-state index contributed by atoms with van der Waals surface area (Å²) in [6, 6.07) is 0. The number of likely N-dealkylation sites (tertiary alicyclic amines) is 1. The topological polar surface area (TPSA) is 69.1 Å². The fraction of sp³-hybridized carbons (Fsp3) is 0.889. The number of carbonyl (C=O) groups excluding carboxylic acids is 1. The number of nitrogens with zero attached hydrogens (tertiary/aromatic N) is 4. The van der Waals surface area contributed by atoms with Crippen molar-refractivity contribution in [1.29, 1.82) is 0 Å². The molecule has 5 nitrogen and oxygen atoms in total. The molecular weight excluding hydrogens is 180 g/mol. The first-order valence-corrected chi connectivity index (χ1v) is 5.06. The van der Waals surface area contributed by atoms with Gasteiger partial charge in [-0.25, -0.2) is 0 Å². The summed E-state index contributed by atoms with van der Waals surface area (Å²) in [6.45, 7) is 3.94. The van der Waals surface area contributed by atoms with Crippen molar-refractivity contribution in [3.8, 4) is 0 Å². The van der Waals surface area contributed by atoms with E-state index < -0.39 is 0 Å². The maximum Gasteiger partial charge on any atom is 0.222 e. The Morgan fingerprint density at radius 3 is 3.14 bits per heavy atom. The van der Waals surface area contributed by atoms with E-state index in [9.17, 15) is 4.79 Å². The predicted molar refractivity (Wildman–Crippen MR) is 53.6 cm³/mol. The summed E-state index contributed by atoms with van der Waals surface area (Å²) in [7, 11) is 0. The molecule has 14 heavy (non-hydrogen) atoms. The third-order valence-corrected chi connectivity index (χ3v) is 2.52. The van der Waals surface area contributed by atoms with Crippen LogP contribution in [0.4, 0.5) is 0 Å². The lowest BCUT2D eigenvalue weighted by Crippen LogP contribution is -2.27. The lowest BCUT2D eigenvalue weighted by Gasteiger charge is -2.14. The van der Waals surface area contributed by atoms with Gasteiger partial charge in [-0.15, -0.1) is 0 Å². The van der Waals surface area contributed by atoms with E-state index in [0.29, 0.717) is 25.4 Å². The van der Waals surface area contributed by atoms with E-state index in [4.69, 9.17) is 5.53 Å². The predicted octanol–water partition coefficient (Wildman–Crippen LogP) is 1.95. The summed E-state index contributed by atoms with van der Waals surface area (Å²) in [5, 5.41) is 3.43. The molecule has 0 spiro atoms. The van der Waals surface area contributed by atoms with Gasteiger partial charge in [0.15, 0.2) is 0 Å². The van der Waals surface area contributed by atoms with Gasteiger partial charge in [-0.1, -0.05) is 18.5 Å². The van der Waals surface area contributed by atoms with Crippen LogP contribution in [0.15, 0.2) is 5.11 Å². The average molecular weight is 196 g/mol. The van der Waals surface area contributed by atoms with Crippen molar-refractivity contribution < 1.29 is 4.79 Å². The van der Waals surface area contributed by atoms with Crippen LogP contribution in [0.5, 0.6) is 0 Å². The summed E-state index contributed by atoms with van der Waals surface area (Å²) in [4.78, 5) is 15.9. The van der Waals surface area contributed by atoms with Gasteiger partial charge in [-0.05, 0) is 17.9 Å². The van der Waals surface area contributed by atoms with Crippen molar-refractivity contribution in [3.63, 3.8) is 0 Å². The van der Waals surface area contributed by atoms with Gasteiger partial charge in [-0.2, -0.15) is 0 Å². The molecule has 0 aliphatic carbocycles. The fourth-order valence-corrected chi connectivity index (χ4v) is 1.88. The van der Waals surface area contributed by atoms with Crippen molar-refractivity contribution in [3.05, 3.63) is 10.4 Å². The molecule has 0 N–H and O–H groups in total. The SMILES string of the molecule is CCCC1CC(=O)N(CCN=[N+]=[N-])C1. The highest BCUT2D eigenvalue weighted by Gasteiger charge is 2.27. The van der Waals surface area contributed by atoms with Crippen LogP contribution in [0, 0.1) is 5.92 Å². The fourth-order valence-electron chi connectivity index (χ4n) is 1.88. The molecule has 0 aromatic rings. The number of amides is 1. The highest BCUT2D eigenvalue weighted by atomic mass is 16.2. The second kappa shape index (κ2) is 5.50. The Morgan fingerprint density at radius 2 is 2.50 bits per heavy atom. The smallest absolute Gasteiger partial charge is 0.222 e. The van der Waals surface area contributed by atoms with Crippen LogP contribution < -0.4 is 0 Å². The van der Waals surface area contributed by atoms with Crippen molar-refractivity contribution in [1.82, 2.24) is 4.90 Å². The molecule has 5 heteroatoms. The number of hydrogen-bond donors (Lipinski definition) is 0. The second-order valence-electron chi connectivity index (χ2n) is 3.65. The van der Waals surface area contributed by atoms with Crippen molar-refractivity contribution in [2.24, 2.45) is 11.0 Å². The Labute approximate surface area is 83.7 Å². The van der Waals surface area contributed by atoms with Gasteiger partial charge in [0.05, 0.1) is 0 Å². The normalized spacial score (nSPS) is 21.1. The van der Waals surface area contributed by atoms with Gasteiger partial charge >= 0.3 is 0 Å². The van der Waals surface area contributed by atoms with Gasteiger partial charge < -0.3 is 4.90 Å². The molecule has 1 aliphatic heterocycles. The first kappa shape index (κ1) is 10.9. The lowest BCUT2D eigenvalue weighted by molar-refractivity contribution is -0.127. The first-order chi connectivity index (χ1) is 6.77. The van der Waals surface area contributed by atoms with E-state index in [1.807, 2.05) is 0 Å². The largest absolute Gasteiger partial charge is 0.342 e. The summed E-state index contributed by atoms with van der Waals surface area (Å²) in [6.07, 6.45) is 2.91. The summed E-state index contributed by atoms with van der Waals surface area (Å²) < 4.78 is 0. The highest BCUT2D eigenvalue weighted by Crippen LogP contribution is 2.21. The van der Waals surface area contributed by atoms with Crippen LogP contribution in [-0.2, 0) is 4.79 Å². The highest BCUT2D eigenvalue weighted by molar-refractivity contribution is 5.78. The van der Waals surface area contributed by atoms with Crippen LogP contribution in [-0.4, -0.2) is 30.4 Å². The molecule has 0 bridgehead atoms. The molecule has 1 atom stereocenters. The Kier molecular flexibility index (Phi) is 4.26. The molecule has 1 amide bonds. The standard InChI is InChI=1S/C9H16N4O/c1-2-3-8-6-9(14)13(7-8)5-4-11-12-10/h8H,2-7H2,1H3. The Hall–Kier alpha value is -1.22. The van der Waals surface area contributed by atoms with E-state index in [1.54, 1.807) is 4.90 Å². The van der Waals surface area contributed by atoms with Gasteiger partial charge in [0.2, 0.25) is 5.91 Å². The lowest BCUT2D eigenvalue weighted by atomic mass is 10.0. The second-order valence-corrected chi connectivity index (χ2v) is 3.65. The first-order valence-electron chi connectivity index (χ1n) is 5.06. The minimum atomic E-state index is 0.205. The number of azide groups is 1. The average Bonchev–Trinajstić information content (AvgIpc) is 2.48. The molecule has 0 radical (unpaired) electrons. The third kappa shape index (κ3) is 2.92. The molecule has 0 saturated carbocycles. The van der Waals surface area contributed by atoms with Gasteiger partial charge in [0, 0.05) is 31.0 Å². The molecule has 0 aromatic carbocycles. The summed E-state index contributed by atoms with van der Waals surface area (Å²) in [5.74, 6) is 0.718. The molecule has 1 saturated heterocycles. The Balaban J connectivity index is 2.32.